The summed E-state index contributed by atoms with van der Waals surface area (Å²) in [5.74, 6) is 0.920. The van der Waals surface area contributed by atoms with Crippen molar-refractivity contribution in [3.8, 4) is 11.3 Å². The molecule has 0 N–H and O–H groups in total. The molecule has 2 aliphatic rings. The van der Waals surface area contributed by atoms with Crippen LogP contribution in [0.1, 0.15) is 40.2 Å². The Morgan fingerprint density at radius 2 is 1.74 bits per heavy atom. The summed E-state index contributed by atoms with van der Waals surface area (Å²) in [5, 5.41) is 2.33. The maximum Gasteiger partial charge on any atom is 0.203 e. The first-order chi connectivity index (χ1) is 15.1. The average Bonchev–Trinajstić information content (AvgIpc) is 2.79. The van der Waals surface area contributed by atoms with E-state index in [-0.39, 0.29) is 0 Å². The highest BCUT2D eigenvalue weighted by Gasteiger charge is 2.18. The molecule has 3 nitrogen and oxygen atoms in total. The van der Waals surface area contributed by atoms with Gasteiger partial charge in [0.2, 0.25) is 5.36 Å². The summed E-state index contributed by atoms with van der Waals surface area (Å²) in [7, 11) is 0. The highest BCUT2D eigenvalue weighted by atomic mass is 16.3. The molecule has 1 heterocycles. The molecule has 1 aliphatic carbocycles. The maximum absolute atomic E-state index is 6.51. The van der Waals surface area contributed by atoms with Gasteiger partial charge < -0.3 is 9.32 Å². The van der Waals surface area contributed by atoms with E-state index in [9.17, 15) is 0 Å². The number of hydrogen-bond donors (Lipinski definition) is 0. The van der Waals surface area contributed by atoms with Crippen molar-refractivity contribution in [2.75, 3.05) is 31.1 Å². The molecule has 1 aromatic carbocycles. The largest absolute Gasteiger partial charge is 0.456 e. The molecule has 162 valence electrons. The molecule has 3 heteroatoms. The minimum Gasteiger partial charge on any atom is -0.456 e. The molecule has 0 unspecified atom stereocenters. The summed E-state index contributed by atoms with van der Waals surface area (Å²) in [6.45, 7) is 18.6. The molecule has 0 radical (unpaired) electrons. The van der Waals surface area contributed by atoms with E-state index in [1.807, 2.05) is 12.2 Å². The van der Waals surface area contributed by atoms with Crippen molar-refractivity contribution in [1.82, 2.24) is 4.58 Å². The lowest BCUT2D eigenvalue weighted by Crippen LogP contribution is -2.29. The maximum atomic E-state index is 6.51. The Morgan fingerprint density at radius 3 is 2.39 bits per heavy atom. The Balaban J connectivity index is 2.38. The van der Waals surface area contributed by atoms with Crippen LogP contribution in [0, 0.1) is 0 Å². The first kappa shape index (κ1) is 22.6. The van der Waals surface area contributed by atoms with Crippen LogP contribution in [0.4, 0.5) is 5.69 Å². The van der Waals surface area contributed by atoms with Gasteiger partial charge in [-0.1, -0.05) is 30.9 Å². The fourth-order valence-electron chi connectivity index (χ4n) is 4.23. The van der Waals surface area contributed by atoms with Crippen molar-refractivity contribution < 1.29 is 4.42 Å². The molecule has 1 aliphatic heterocycles. The zero-order valence-electron chi connectivity index (χ0n) is 19.6. The lowest BCUT2D eigenvalue weighted by Gasteiger charge is -2.22. The Morgan fingerprint density at radius 1 is 1.00 bits per heavy atom. The summed E-state index contributed by atoms with van der Waals surface area (Å²) >= 11 is 0. The number of anilines is 1. The van der Waals surface area contributed by atoms with Crippen molar-refractivity contribution in [3.63, 3.8) is 0 Å². The zero-order valence-corrected chi connectivity index (χ0v) is 19.6. The molecule has 0 aromatic heterocycles. The first-order valence-electron chi connectivity index (χ1n) is 11.4. The van der Waals surface area contributed by atoms with Crippen molar-refractivity contribution >= 4 is 22.2 Å². The van der Waals surface area contributed by atoms with Crippen LogP contribution >= 0.6 is 0 Å². The smallest absolute Gasteiger partial charge is 0.203 e. The SMILES string of the molecule is C=C/C=C\C=C(/C)c1c2ccc(=[N+](CC)CC)cc-2oc2cc(N(CC)CC)ccc12. The van der Waals surface area contributed by atoms with Gasteiger partial charge in [0.1, 0.15) is 24.4 Å². The normalized spacial score (nSPS) is 12.1. The summed E-state index contributed by atoms with van der Waals surface area (Å²) < 4.78 is 8.86. The summed E-state index contributed by atoms with van der Waals surface area (Å²) in [5.41, 5.74) is 5.68. The van der Waals surface area contributed by atoms with Crippen LogP contribution in [0.25, 0.3) is 27.9 Å². The second-order valence-corrected chi connectivity index (χ2v) is 7.65. The van der Waals surface area contributed by atoms with Crippen molar-refractivity contribution in [1.29, 1.82) is 0 Å². The highest BCUT2D eigenvalue weighted by Crippen LogP contribution is 2.38. The number of allylic oxidation sites excluding steroid dienone is 5. The van der Waals surface area contributed by atoms with E-state index in [4.69, 9.17) is 4.42 Å². The van der Waals surface area contributed by atoms with Gasteiger partial charge in [0.25, 0.3) is 0 Å². The quantitative estimate of drug-likeness (QED) is 0.243. The van der Waals surface area contributed by atoms with E-state index in [1.54, 1.807) is 6.08 Å². The fourth-order valence-corrected chi connectivity index (χ4v) is 4.23. The number of benzene rings is 2. The molecule has 0 amide bonds. The minimum atomic E-state index is 0.920. The molecule has 3 rings (SSSR count). The molecule has 0 fully saturated rings. The molecule has 1 aromatic rings. The molecule has 0 atom stereocenters. The lowest BCUT2D eigenvalue weighted by atomic mass is 9.94. The topological polar surface area (TPSA) is 19.4 Å². The van der Waals surface area contributed by atoms with Crippen LogP contribution < -0.4 is 14.8 Å². The molecule has 0 saturated carbocycles. The van der Waals surface area contributed by atoms with Crippen LogP contribution in [0.3, 0.4) is 0 Å². The standard InChI is InChI=1S/C28H35N2O/c1-7-12-13-14-21(6)28-24-17-15-22(29(8-2)9-3)19-26(24)31-27-20-23(16-18-25(27)28)30(10-4)11-5/h7,12-20H,1,8-11H2,2-6H3/q+1/b13-12-,21-14+. The van der Waals surface area contributed by atoms with Gasteiger partial charge in [-0.3, -0.25) is 0 Å². The number of fused-ring (bicyclic) bond motifs is 2. The van der Waals surface area contributed by atoms with Gasteiger partial charge in [0.05, 0.1) is 6.07 Å². The van der Waals surface area contributed by atoms with Gasteiger partial charge in [-0.25, -0.2) is 4.58 Å². The van der Waals surface area contributed by atoms with Crippen molar-refractivity contribution in [2.24, 2.45) is 0 Å². The second kappa shape index (κ2) is 10.3. The third-order valence-corrected chi connectivity index (χ3v) is 5.93. The molecule has 0 spiro atoms. The molecule has 0 bridgehead atoms. The predicted octanol–water partition coefficient (Wildman–Crippen LogP) is 6.34. The summed E-state index contributed by atoms with van der Waals surface area (Å²) in [4.78, 5) is 2.35. The van der Waals surface area contributed by atoms with Crippen molar-refractivity contribution in [3.05, 3.63) is 78.2 Å². The van der Waals surface area contributed by atoms with E-state index >= 15 is 0 Å². The molecular formula is C28H35N2O+. The van der Waals surface area contributed by atoms with Crippen LogP contribution in [0.2, 0.25) is 0 Å². The first-order valence-corrected chi connectivity index (χ1v) is 11.4. The number of rotatable bonds is 8. The lowest BCUT2D eigenvalue weighted by molar-refractivity contribution is 0.604. The van der Waals surface area contributed by atoms with Crippen LogP contribution in [0.5, 0.6) is 0 Å². The Labute approximate surface area is 186 Å². The molecule has 31 heavy (non-hydrogen) atoms. The van der Waals surface area contributed by atoms with Crippen LogP contribution in [-0.4, -0.2) is 26.2 Å². The molecular weight excluding hydrogens is 380 g/mol. The van der Waals surface area contributed by atoms with Crippen LogP contribution in [-0.2, 0) is 0 Å². The number of hydrogen-bond acceptors (Lipinski definition) is 2. The number of nitrogens with zero attached hydrogens (tertiary/aromatic N) is 2. The van der Waals surface area contributed by atoms with Gasteiger partial charge in [0.15, 0.2) is 0 Å². The summed E-state index contributed by atoms with van der Waals surface area (Å²) in [6.07, 6.45) is 7.94. The van der Waals surface area contributed by atoms with Gasteiger partial charge in [-0.15, -0.1) is 0 Å². The monoisotopic (exact) mass is 415 g/mol. The van der Waals surface area contributed by atoms with E-state index in [1.165, 1.54) is 22.2 Å². The third kappa shape index (κ3) is 4.66. The average molecular weight is 416 g/mol. The minimum absolute atomic E-state index is 0.920. The van der Waals surface area contributed by atoms with Crippen LogP contribution in [0.15, 0.2) is 71.7 Å². The van der Waals surface area contributed by atoms with Gasteiger partial charge in [-0.2, -0.15) is 0 Å². The zero-order chi connectivity index (χ0) is 22.4. The van der Waals surface area contributed by atoms with Gasteiger partial charge >= 0.3 is 0 Å². The van der Waals surface area contributed by atoms with Gasteiger partial charge in [-0.05, 0) is 64.0 Å². The highest BCUT2D eigenvalue weighted by molar-refractivity contribution is 5.99. The third-order valence-electron chi connectivity index (χ3n) is 5.93. The summed E-state index contributed by atoms with van der Waals surface area (Å²) in [6, 6.07) is 13.2. The second-order valence-electron chi connectivity index (χ2n) is 7.65. The van der Waals surface area contributed by atoms with E-state index in [0.717, 1.165) is 48.5 Å². The Hall–Kier alpha value is -3.07. The fraction of sp³-hybridized carbons (Fsp3) is 0.321. The molecule has 0 saturated heterocycles. The predicted molar refractivity (Wildman–Crippen MR) is 136 cm³/mol. The van der Waals surface area contributed by atoms with E-state index in [2.05, 4.69) is 93.1 Å². The van der Waals surface area contributed by atoms with Crippen molar-refractivity contribution in [2.45, 2.75) is 34.6 Å². The van der Waals surface area contributed by atoms with Gasteiger partial charge in [0, 0.05) is 41.9 Å². The Kier molecular flexibility index (Phi) is 7.51. The van der Waals surface area contributed by atoms with E-state index < -0.39 is 0 Å². The Bertz CT molecular complexity index is 1150. The van der Waals surface area contributed by atoms with E-state index in [0.29, 0.717) is 0 Å².